The van der Waals surface area contributed by atoms with Gasteiger partial charge in [0.05, 0.1) is 13.2 Å². The predicted octanol–water partition coefficient (Wildman–Crippen LogP) is 4.02. The molecule has 1 aliphatic carbocycles. The standard InChI is InChI=1S/C18H21BrN2O3/c1-12-7-17(18(22)23)20-21(12)9-15-8-16(19)6-5-14(15)11-24-10-13-3-2-4-13/h5-8,13H,2-4,9-11H2,1H3,(H,22,23). The van der Waals surface area contributed by atoms with Crippen LogP contribution in [0.4, 0.5) is 0 Å². The van der Waals surface area contributed by atoms with Gasteiger partial charge in [0.1, 0.15) is 0 Å². The van der Waals surface area contributed by atoms with Crippen molar-refractivity contribution in [1.82, 2.24) is 9.78 Å². The molecule has 2 aromatic rings. The molecule has 1 heterocycles. The van der Waals surface area contributed by atoms with Crippen molar-refractivity contribution >= 4 is 21.9 Å². The Morgan fingerprint density at radius 3 is 2.79 bits per heavy atom. The topological polar surface area (TPSA) is 64.3 Å². The lowest BCUT2D eigenvalue weighted by atomic mass is 9.86. The summed E-state index contributed by atoms with van der Waals surface area (Å²) in [5.41, 5.74) is 3.10. The van der Waals surface area contributed by atoms with Gasteiger partial charge in [-0.25, -0.2) is 4.79 Å². The van der Waals surface area contributed by atoms with Crippen LogP contribution in [0.3, 0.4) is 0 Å². The quantitative estimate of drug-likeness (QED) is 0.772. The molecule has 0 bridgehead atoms. The lowest BCUT2D eigenvalue weighted by Gasteiger charge is -2.25. The monoisotopic (exact) mass is 392 g/mol. The van der Waals surface area contributed by atoms with E-state index < -0.39 is 5.97 Å². The maximum Gasteiger partial charge on any atom is 0.356 e. The Balaban J connectivity index is 1.73. The summed E-state index contributed by atoms with van der Waals surface area (Å²) in [6, 6.07) is 7.69. The van der Waals surface area contributed by atoms with E-state index in [2.05, 4.69) is 27.1 Å². The van der Waals surface area contributed by atoms with E-state index in [0.29, 0.717) is 13.2 Å². The third kappa shape index (κ3) is 4.05. The van der Waals surface area contributed by atoms with Gasteiger partial charge in [0.15, 0.2) is 5.69 Å². The molecular formula is C18H21BrN2O3. The molecule has 5 nitrogen and oxygen atoms in total. The minimum Gasteiger partial charge on any atom is -0.476 e. The molecule has 24 heavy (non-hydrogen) atoms. The minimum atomic E-state index is -1.00. The smallest absolute Gasteiger partial charge is 0.356 e. The number of hydrogen-bond acceptors (Lipinski definition) is 3. The first-order valence-corrected chi connectivity index (χ1v) is 8.95. The molecule has 1 aliphatic rings. The van der Waals surface area contributed by atoms with E-state index in [9.17, 15) is 4.79 Å². The van der Waals surface area contributed by atoms with Crippen LogP contribution >= 0.6 is 15.9 Å². The van der Waals surface area contributed by atoms with Crippen molar-refractivity contribution in [2.24, 2.45) is 5.92 Å². The molecule has 0 saturated heterocycles. The van der Waals surface area contributed by atoms with Crippen molar-refractivity contribution in [2.45, 2.75) is 39.3 Å². The van der Waals surface area contributed by atoms with Gasteiger partial charge >= 0.3 is 5.97 Å². The maximum atomic E-state index is 11.1. The number of nitrogens with zero attached hydrogens (tertiary/aromatic N) is 2. The first-order valence-electron chi connectivity index (χ1n) is 8.15. The molecule has 0 radical (unpaired) electrons. The number of aromatic carboxylic acids is 1. The largest absolute Gasteiger partial charge is 0.476 e. The second-order valence-corrected chi connectivity index (χ2v) is 7.27. The molecule has 1 N–H and O–H groups in total. The molecule has 0 atom stereocenters. The summed E-state index contributed by atoms with van der Waals surface area (Å²) < 4.78 is 8.59. The van der Waals surface area contributed by atoms with Crippen molar-refractivity contribution in [3.8, 4) is 0 Å². The Morgan fingerprint density at radius 2 is 2.17 bits per heavy atom. The fraction of sp³-hybridized carbons (Fsp3) is 0.444. The molecule has 0 spiro atoms. The number of halogens is 1. The first kappa shape index (κ1) is 17.2. The normalized spacial score (nSPS) is 14.6. The van der Waals surface area contributed by atoms with E-state index in [-0.39, 0.29) is 5.69 Å². The highest BCUT2D eigenvalue weighted by Gasteiger charge is 2.18. The molecule has 6 heteroatoms. The summed E-state index contributed by atoms with van der Waals surface area (Å²) in [7, 11) is 0. The molecule has 1 aromatic carbocycles. The van der Waals surface area contributed by atoms with E-state index in [1.54, 1.807) is 10.7 Å². The van der Waals surface area contributed by atoms with Gasteiger partial charge in [-0.2, -0.15) is 5.10 Å². The Hall–Kier alpha value is -1.66. The van der Waals surface area contributed by atoms with Gasteiger partial charge in [-0.15, -0.1) is 0 Å². The average molecular weight is 393 g/mol. The number of carbonyl (C=O) groups is 1. The molecule has 0 amide bonds. The summed E-state index contributed by atoms with van der Waals surface area (Å²) in [6.45, 7) is 3.79. The Kier molecular flexibility index (Phi) is 5.36. The van der Waals surface area contributed by atoms with E-state index in [4.69, 9.17) is 9.84 Å². The van der Waals surface area contributed by atoms with E-state index in [1.807, 2.05) is 19.1 Å². The van der Waals surface area contributed by atoms with Gasteiger partial charge < -0.3 is 9.84 Å². The van der Waals surface area contributed by atoms with Gasteiger partial charge in [0, 0.05) is 16.8 Å². The fourth-order valence-electron chi connectivity index (χ4n) is 2.81. The molecule has 1 aromatic heterocycles. The highest BCUT2D eigenvalue weighted by Crippen LogP contribution is 2.27. The van der Waals surface area contributed by atoms with Gasteiger partial charge in [0.2, 0.25) is 0 Å². The summed E-state index contributed by atoms with van der Waals surface area (Å²) in [6.07, 6.45) is 3.87. The Bertz CT molecular complexity index is 738. The van der Waals surface area contributed by atoms with E-state index >= 15 is 0 Å². The number of rotatable bonds is 7. The highest BCUT2D eigenvalue weighted by molar-refractivity contribution is 9.10. The van der Waals surface area contributed by atoms with Crippen molar-refractivity contribution < 1.29 is 14.6 Å². The molecule has 3 rings (SSSR count). The average Bonchev–Trinajstić information content (AvgIpc) is 2.85. The third-order valence-electron chi connectivity index (χ3n) is 4.52. The molecule has 128 valence electrons. The predicted molar refractivity (Wildman–Crippen MR) is 94.2 cm³/mol. The van der Waals surface area contributed by atoms with Crippen LogP contribution in [0.5, 0.6) is 0 Å². The summed E-state index contributed by atoms with van der Waals surface area (Å²) in [5.74, 6) is -0.287. The first-order chi connectivity index (χ1) is 11.5. The fourth-order valence-corrected chi connectivity index (χ4v) is 3.22. The summed E-state index contributed by atoms with van der Waals surface area (Å²) >= 11 is 3.50. The van der Waals surface area contributed by atoms with Crippen molar-refractivity contribution in [3.63, 3.8) is 0 Å². The van der Waals surface area contributed by atoms with E-state index in [0.717, 1.165) is 33.8 Å². The summed E-state index contributed by atoms with van der Waals surface area (Å²) in [4.78, 5) is 11.1. The van der Waals surface area contributed by atoms with Crippen LogP contribution in [-0.4, -0.2) is 27.5 Å². The number of aryl methyl sites for hydroxylation is 1. The van der Waals surface area contributed by atoms with Crippen LogP contribution in [0, 0.1) is 12.8 Å². The van der Waals surface area contributed by atoms with Gasteiger partial charge in [-0.3, -0.25) is 4.68 Å². The van der Waals surface area contributed by atoms with Gasteiger partial charge in [-0.05, 0) is 55.0 Å². The second-order valence-electron chi connectivity index (χ2n) is 6.36. The summed E-state index contributed by atoms with van der Waals surface area (Å²) in [5, 5.41) is 13.2. The van der Waals surface area contributed by atoms with Crippen LogP contribution in [0.1, 0.15) is 46.6 Å². The molecule has 1 fully saturated rings. The maximum absolute atomic E-state index is 11.1. The Labute approximate surface area is 149 Å². The number of aromatic nitrogens is 2. The zero-order valence-corrected chi connectivity index (χ0v) is 15.3. The zero-order chi connectivity index (χ0) is 17.1. The zero-order valence-electron chi connectivity index (χ0n) is 13.7. The molecule has 0 unspecified atom stereocenters. The lowest BCUT2D eigenvalue weighted by Crippen LogP contribution is -2.17. The van der Waals surface area contributed by atoms with Crippen LogP contribution in [0.15, 0.2) is 28.7 Å². The minimum absolute atomic E-state index is 0.0743. The Morgan fingerprint density at radius 1 is 1.38 bits per heavy atom. The SMILES string of the molecule is Cc1cc(C(=O)O)nn1Cc1cc(Br)ccc1COCC1CCC1. The van der Waals surface area contributed by atoms with E-state index in [1.165, 1.54) is 19.3 Å². The number of carboxylic acid groups (broad SMARTS) is 1. The third-order valence-corrected chi connectivity index (χ3v) is 5.02. The number of carboxylic acids is 1. The van der Waals surface area contributed by atoms with Crippen molar-refractivity contribution in [1.29, 1.82) is 0 Å². The number of ether oxygens (including phenoxy) is 1. The molecule has 1 saturated carbocycles. The molecule has 0 aliphatic heterocycles. The number of hydrogen-bond donors (Lipinski definition) is 1. The van der Waals surface area contributed by atoms with Crippen LogP contribution in [0.25, 0.3) is 0 Å². The van der Waals surface area contributed by atoms with Crippen molar-refractivity contribution in [2.75, 3.05) is 6.61 Å². The highest BCUT2D eigenvalue weighted by atomic mass is 79.9. The van der Waals surface area contributed by atoms with Crippen LogP contribution in [-0.2, 0) is 17.9 Å². The molecular weight excluding hydrogens is 372 g/mol. The van der Waals surface area contributed by atoms with Crippen LogP contribution < -0.4 is 0 Å². The number of benzene rings is 1. The van der Waals surface area contributed by atoms with Crippen molar-refractivity contribution in [3.05, 3.63) is 51.3 Å². The van der Waals surface area contributed by atoms with Crippen LogP contribution in [0.2, 0.25) is 0 Å². The van der Waals surface area contributed by atoms with Gasteiger partial charge in [-0.1, -0.05) is 28.4 Å². The lowest BCUT2D eigenvalue weighted by molar-refractivity contribution is 0.0592. The van der Waals surface area contributed by atoms with Gasteiger partial charge in [0.25, 0.3) is 0 Å². The second kappa shape index (κ2) is 7.49.